The number of anilines is 1. The molecule has 1 aromatic rings. The molecule has 3 amide bonds. The zero-order chi connectivity index (χ0) is 16.2. The molecule has 0 spiro atoms. The van der Waals surface area contributed by atoms with Gasteiger partial charge >= 0.3 is 6.03 Å². The van der Waals surface area contributed by atoms with Crippen LogP contribution in [0, 0.1) is 0 Å². The van der Waals surface area contributed by atoms with Crippen molar-refractivity contribution in [1.82, 2.24) is 10.2 Å². The van der Waals surface area contributed by atoms with Crippen molar-refractivity contribution in [2.75, 3.05) is 31.6 Å². The molecule has 0 saturated carbocycles. The van der Waals surface area contributed by atoms with Crippen LogP contribution >= 0.6 is 0 Å². The van der Waals surface area contributed by atoms with Gasteiger partial charge in [-0.15, -0.1) is 0 Å². The van der Waals surface area contributed by atoms with Crippen LogP contribution in [0.5, 0.6) is 5.75 Å². The predicted octanol–water partition coefficient (Wildman–Crippen LogP) is 2.00. The van der Waals surface area contributed by atoms with Crippen LogP contribution < -0.4 is 15.0 Å². The number of hydrogen-bond donors (Lipinski definition) is 1. The van der Waals surface area contributed by atoms with E-state index in [0.717, 1.165) is 37.4 Å². The summed E-state index contributed by atoms with van der Waals surface area (Å²) in [5.41, 5.74) is 0.809. The lowest BCUT2D eigenvalue weighted by Crippen LogP contribution is -2.47. The number of methoxy groups -OCH3 is 1. The van der Waals surface area contributed by atoms with Crippen molar-refractivity contribution >= 4 is 17.6 Å². The molecule has 6 nitrogen and oxygen atoms in total. The number of benzene rings is 1. The quantitative estimate of drug-likeness (QED) is 0.927. The molecule has 1 atom stereocenters. The largest absolute Gasteiger partial charge is 0.497 e. The van der Waals surface area contributed by atoms with Crippen LogP contribution in [0.1, 0.15) is 25.7 Å². The fourth-order valence-electron chi connectivity index (χ4n) is 3.20. The average molecular weight is 317 g/mol. The topological polar surface area (TPSA) is 61.9 Å². The number of urea groups is 1. The Morgan fingerprint density at radius 2 is 2.04 bits per heavy atom. The number of piperidine rings is 1. The number of hydrogen-bond acceptors (Lipinski definition) is 3. The van der Waals surface area contributed by atoms with Gasteiger partial charge in [0.05, 0.1) is 13.2 Å². The van der Waals surface area contributed by atoms with Gasteiger partial charge in [-0.2, -0.15) is 0 Å². The molecule has 23 heavy (non-hydrogen) atoms. The summed E-state index contributed by atoms with van der Waals surface area (Å²) in [6, 6.07) is 7.25. The second-order valence-electron chi connectivity index (χ2n) is 6.10. The van der Waals surface area contributed by atoms with E-state index in [0.29, 0.717) is 13.0 Å². The highest BCUT2D eigenvalue weighted by Gasteiger charge is 2.32. The van der Waals surface area contributed by atoms with Gasteiger partial charge in [0, 0.05) is 37.8 Å². The summed E-state index contributed by atoms with van der Waals surface area (Å²) in [4.78, 5) is 28.1. The molecule has 1 aromatic carbocycles. The number of likely N-dealkylation sites (tertiary alicyclic amines) is 1. The molecule has 2 fully saturated rings. The molecule has 2 saturated heterocycles. The molecular weight excluding hydrogens is 294 g/mol. The van der Waals surface area contributed by atoms with Crippen molar-refractivity contribution in [2.45, 2.75) is 31.7 Å². The third kappa shape index (κ3) is 3.57. The second-order valence-corrected chi connectivity index (χ2v) is 6.10. The highest BCUT2D eigenvalue weighted by Crippen LogP contribution is 2.25. The van der Waals surface area contributed by atoms with Crippen molar-refractivity contribution in [3.8, 4) is 5.75 Å². The number of rotatable bonds is 3. The Labute approximate surface area is 136 Å². The fraction of sp³-hybridized carbons (Fsp3) is 0.529. The SMILES string of the molecule is COc1cccc(N2C[C@H](NC(=O)N3CCCCC3)CC2=O)c1. The number of carbonyl (C=O) groups is 2. The average Bonchev–Trinajstić information content (AvgIpc) is 2.96. The van der Waals surface area contributed by atoms with Crippen molar-refractivity contribution in [3.05, 3.63) is 24.3 Å². The first kappa shape index (κ1) is 15.6. The second kappa shape index (κ2) is 6.89. The van der Waals surface area contributed by atoms with E-state index in [1.54, 1.807) is 12.0 Å². The highest BCUT2D eigenvalue weighted by molar-refractivity contribution is 5.97. The Bertz CT molecular complexity index is 584. The molecule has 0 bridgehead atoms. The van der Waals surface area contributed by atoms with Crippen LogP contribution in [-0.2, 0) is 4.79 Å². The van der Waals surface area contributed by atoms with Crippen LogP contribution in [0.15, 0.2) is 24.3 Å². The molecule has 0 unspecified atom stereocenters. The molecule has 124 valence electrons. The molecule has 0 aliphatic carbocycles. The molecule has 3 rings (SSSR count). The van der Waals surface area contributed by atoms with Crippen molar-refractivity contribution in [3.63, 3.8) is 0 Å². The van der Waals surface area contributed by atoms with Crippen molar-refractivity contribution in [1.29, 1.82) is 0 Å². The maximum Gasteiger partial charge on any atom is 0.317 e. The zero-order valence-corrected chi connectivity index (χ0v) is 13.5. The van der Waals surface area contributed by atoms with E-state index in [2.05, 4.69) is 5.32 Å². The number of ether oxygens (including phenoxy) is 1. The van der Waals surface area contributed by atoms with Crippen LogP contribution in [-0.4, -0.2) is 49.6 Å². The van der Waals surface area contributed by atoms with Gasteiger partial charge in [-0.25, -0.2) is 4.79 Å². The summed E-state index contributed by atoms with van der Waals surface area (Å²) in [6.45, 7) is 2.13. The highest BCUT2D eigenvalue weighted by atomic mass is 16.5. The van der Waals surface area contributed by atoms with Crippen LogP contribution in [0.2, 0.25) is 0 Å². The van der Waals surface area contributed by atoms with Gasteiger partial charge in [0.2, 0.25) is 5.91 Å². The Kier molecular flexibility index (Phi) is 4.69. The van der Waals surface area contributed by atoms with E-state index in [-0.39, 0.29) is 18.0 Å². The number of nitrogens with one attached hydrogen (secondary N) is 1. The number of carbonyl (C=O) groups excluding carboxylic acids is 2. The molecule has 2 aliphatic rings. The summed E-state index contributed by atoms with van der Waals surface area (Å²) >= 11 is 0. The van der Waals surface area contributed by atoms with Crippen LogP contribution in [0.4, 0.5) is 10.5 Å². The number of nitrogens with zero attached hydrogens (tertiary/aromatic N) is 2. The Morgan fingerprint density at radius 1 is 1.26 bits per heavy atom. The van der Waals surface area contributed by atoms with Gasteiger partial charge in [-0.1, -0.05) is 6.07 Å². The molecule has 2 aliphatic heterocycles. The Hall–Kier alpha value is -2.24. The van der Waals surface area contributed by atoms with Crippen LogP contribution in [0.3, 0.4) is 0 Å². The van der Waals surface area contributed by atoms with Gasteiger partial charge < -0.3 is 19.9 Å². The van der Waals surface area contributed by atoms with Crippen molar-refractivity contribution < 1.29 is 14.3 Å². The maximum atomic E-state index is 12.3. The Balaban J connectivity index is 1.61. The first-order valence-electron chi connectivity index (χ1n) is 8.17. The van der Waals surface area contributed by atoms with Gasteiger partial charge in [-0.05, 0) is 31.4 Å². The monoisotopic (exact) mass is 317 g/mol. The van der Waals surface area contributed by atoms with Crippen LogP contribution in [0.25, 0.3) is 0 Å². The lowest BCUT2D eigenvalue weighted by molar-refractivity contribution is -0.117. The lowest BCUT2D eigenvalue weighted by atomic mass is 10.1. The number of amides is 3. The third-order valence-electron chi connectivity index (χ3n) is 4.46. The molecule has 1 N–H and O–H groups in total. The van der Waals surface area contributed by atoms with E-state index in [1.165, 1.54) is 6.42 Å². The first-order chi connectivity index (χ1) is 11.2. The Morgan fingerprint density at radius 3 is 2.78 bits per heavy atom. The van der Waals surface area contributed by atoms with E-state index in [1.807, 2.05) is 29.2 Å². The molecular formula is C17H23N3O3. The van der Waals surface area contributed by atoms with E-state index >= 15 is 0 Å². The van der Waals surface area contributed by atoms with Gasteiger partial charge in [0.1, 0.15) is 5.75 Å². The van der Waals surface area contributed by atoms with Gasteiger partial charge in [0.15, 0.2) is 0 Å². The summed E-state index contributed by atoms with van der Waals surface area (Å²) < 4.78 is 5.21. The van der Waals surface area contributed by atoms with E-state index in [4.69, 9.17) is 4.74 Å². The van der Waals surface area contributed by atoms with E-state index < -0.39 is 0 Å². The molecule has 2 heterocycles. The minimum atomic E-state index is -0.136. The van der Waals surface area contributed by atoms with Gasteiger partial charge in [-0.3, -0.25) is 4.79 Å². The minimum absolute atomic E-state index is 0.0298. The predicted molar refractivity (Wildman–Crippen MR) is 87.7 cm³/mol. The summed E-state index contributed by atoms with van der Waals surface area (Å²) in [5.74, 6) is 0.748. The smallest absolute Gasteiger partial charge is 0.317 e. The van der Waals surface area contributed by atoms with Crippen molar-refractivity contribution in [2.24, 2.45) is 0 Å². The third-order valence-corrected chi connectivity index (χ3v) is 4.46. The van der Waals surface area contributed by atoms with Gasteiger partial charge in [0.25, 0.3) is 0 Å². The minimum Gasteiger partial charge on any atom is -0.497 e. The fourth-order valence-corrected chi connectivity index (χ4v) is 3.20. The standard InChI is InChI=1S/C17H23N3O3/c1-23-15-7-5-6-14(11-15)20-12-13(10-16(20)21)18-17(22)19-8-3-2-4-9-19/h5-7,11,13H,2-4,8-10,12H2,1H3,(H,18,22)/t13-/m1/s1. The molecule has 0 aromatic heterocycles. The molecule has 6 heteroatoms. The maximum absolute atomic E-state index is 12.3. The lowest BCUT2D eigenvalue weighted by Gasteiger charge is -2.28. The molecule has 0 radical (unpaired) electrons. The summed E-state index contributed by atoms with van der Waals surface area (Å²) in [6.07, 6.45) is 3.66. The first-order valence-corrected chi connectivity index (χ1v) is 8.17. The normalized spacial score (nSPS) is 21.4. The summed E-state index contributed by atoms with van der Waals surface area (Å²) in [5, 5.41) is 3.00. The summed E-state index contributed by atoms with van der Waals surface area (Å²) in [7, 11) is 1.60. The van der Waals surface area contributed by atoms with E-state index in [9.17, 15) is 9.59 Å². The zero-order valence-electron chi connectivity index (χ0n) is 13.5.